The molecular formula is C22H19N3O2S3. The van der Waals surface area contributed by atoms with Crippen LogP contribution in [0.25, 0.3) is 10.9 Å². The number of H-pyrrole nitrogens is 1. The summed E-state index contributed by atoms with van der Waals surface area (Å²) >= 11 is 8.57. The third-order valence-corrected chi connectivity index (χ3v) is 6.73. The van der Waals surface area contributed by atoms with Gasteiger partial charge in [-0.2, -0.15) is 0 Å². The van der Waals surface area contributed by atoms with E-state index in [0.717, 1.165) is 9.75 Å². The number of aromatic nitrogens is 2. The molecule has 3 aromatic heterocycles. The minimum atomic E-state index is -0.193. The predicted octanol–water partition coefficient (Wildman–Crippen LogP) is 5.21. The van der Waals surface area contributed by atoms with E-state index in [1.807, 2.05) is 39.9 Å². The Morgan fingerprint density at radius 1 is 1.13 bits per heavy atom. The molecule has 0 saturated carbocycles. The maximum atomic E-state index is 13.4. The number of aromatic amines is 1. The highest BCUT2D eigenvalue weighted by Crippen LogP contribution is 2.20. The minimum Gasteiger partial charge on any atom is -0.332 e. The summed E-state index contributed by atoms with van der Waals surface area (Å²) in [6, 6.07) is 13.1. The van der Waals surface area contributed by atoms with Gasteiger partial charge in [0.25, 0.3) is 11.5 Å². The molecule has 0 aliphatic rings. The number of nitrogens with zero attached hydrogens (tertiary/aromatic N) is 2. The highest BCUT2D eigenvalue weighted by molar-refractivity contribution is 7.71. The Kier molecular flexibility index (Phi) is 6.08. The summed E-state index contributed by atoms with van der Waals surface area (Å²) in [5, 5.41) is 4.51. The molecule has 8 heteroatoms. The molecule has 1 aromatic carbocycles. The van der Waals surface area contributed by atoms with Gasteiger partial charge in [0.1, 0.15) is 0 Å². The summed E-state index contributed by atoms with van der Waals surface area (Å²) in [4.78, 5) is 33.2. The van der Waals surface area contributed by atoms with Crippen LogP contribution in [0, 0.1) is 4.77 Å². The topological polar surface area (TPSA) is 58.1 Å². The molecule has 30 heavy (non-hydrogen) atoms. The van der Waals surface area contributed by atoms with Crippen molar-refractivity contribution < 1.29 is 4.79 Å². The van der Waals surface area contributed by atoms with E-state index in [1.54, 1.807) is 46.9 Å². The second-order valence-electron chi connectivity index (χ2n) is 6.71. The number of rotatable bonds is 7. The molecular weight excluding hydrogens is 434 g/mol. The number of thiophene rings is 2. The standard InChI is InChI=1S/C22H19N3O2S3/c1-2-9-25-21(27)18-8-7-15(12-19(18)23-22(25)28)20(26)24(13-16-5-3-10-29-16)14-17-6-4-11-30-17/h2-8,10-12H,1,9,13-14H2,(H,23,28). The molecule has 5 nitrogen and oxygen atoms in total. The van der Waals surface area contributed by atoms with Crippen molar-refractivity contribution in [1.29, 1.82) is 0 Å². The van der Waals surface area contributed by atoms with E-state index in [1.165, 1.54) is 4.57 Å². The van der Waals surface area contributed by atoms with E-state index in [0.29, 0.717) is 40.9 Å². The van der Waals surface area contributed by atoms with Gasteiger partial charge >= 0.3 is 0 Å². The second-order valence-corrected chi connectivity index (χ2v) is 9.17. The average Bonchev–Trinajstić information content (AvgIpc) is 3.44. The van der Waals surface area contributed by atoms with Crippen LogP contribution in [0.5, 0.6) is 0 Å². The van der Waals surface area contributed by atoms with Gasteiger partial charge in [-0.05, 0) is 53.3 Å². The first-order valence-corrected chi connectivity index (χ1v) is 11.5. The molecule has 1 N–H and O–H groups in total. The molecule has 4 rings (SSSR count). The molecule has 0 aliphatic heterocycles. The van der Waals surface area contributed by atoms with Crippen LogP contribution in [0.1, 0.15) is 20.1 Å². The Balaban J connectivity index is 1.71. The number of allylic oxidation sites excluding steroid dienone is 1. The second kappa shape index (κ2) is 8.91. The Hall–Kier alpha value is -2.81. The summed E-state index contributed by atoms with van der Waals surface area (Å²) in [5.74, 6) is -0.0895. The molecule has 0 spiro atoms. The first-order valence-electron chi connectivity index (χ1n) is 9.28. The Labute approximate surface area is 186 Å². The normalized spacial score (nSPS) is 10.9. The van der Waals surface area contributed by atoms with Crippen LogP contribution in [0.3, 0.4) is 0 Å². The van der Waals surface area contributed by atoms with Crippen molar-refractivity contribution >= 4 is 51.7 Å². The molecule has 1 amide bonds. The quantitative estimate of drug-likeness (QED) is 0.309. The van der Waals surface area contributed by atoms with E-state index in [4.69, 9.17) is 12.2 Å². The van der Waals surface area contributed by atoms with Crippen molar-refractivity contribution in [2.75, 3.05) is 0 Å². The number of hydrogen-bond acceptors (Lipinski definition) is 5. The van der Waals surface area contributed by atoms with Crippen molar-refractivity contribution in [1.82, 2.24) is 14.5 Å². The van der Waals surface area contributed by atoms with Gasteiger partial charge in [-0.3, -0.25) is 14.2 Å². The highest BCUT2D eigenvalue weighted by Gasteiger charge is 2.19. The van der Waals surface area contributed by atoms with Crippen LogP contribution in [-0.2, 0) is 19.6 Å². The largest absolute Gasteiger partial charge is 0.332 e. The van der Waals surface area contributed by atoms with Crippen molar-refractivity contribution in [2.24, 2.45) is 0 Å². The molecule has 0 bridgehead atoms. The van der Waals surface area contributed by atoms with Crippen LogP contribution in [-0.4, -0.2) is 20.4 Å². The lowest BCUT2D eigenvalue weighted by atomic mass is 10.1. The van der Waals surface area contributed by atoms with Crippen molar-refractivity contribution in [2.45, 2.75) is 19.6 Å². The van der Waals surface area contributed by atoms with Crippen molar-refractivity contribution in [3.63, 3.8) is 0 Å². The molecule has 0 saturated heterocycles. The SMILES string of the molecule is C=CCn1c(=S)[nH]c2cc(C(=O)N(Cc3cccs3)Cc3cccs3)ccc2c1=O. The van der Waals surface area contributed by atoms with Gasteiger partial charge < -0.3 is 9.88 Å². The molecule has 0 fully saturated rings. The smallest absolute Gasteiger partial charge is 0.262 e. The fourth-order valence-electron chi connectivity index (χ4n) is 3.25. The number of nitrogens with one attached hydrogen (secondary N) is 1. The third kappa shape index (κ3) is 4.21. The maximum absolute atomic E-state index is 13.4. The van der Waals surface area contributed by atoms with Crippen LogP contribution < -0.4 is 5.56 Å². The third-order valence-electron chi connectivity index (χ3n) is 4.68. The lowest BCUT2D eigenvalue weighted by molar-refractivity contribution is 0.0733. The summed E-state index contributed by atoms with van der Waals surface area (Å²) in [6.45, 7) is 5.06. The van der Waals surface area contributed by atoms with Gasteiger partial charge in [0, 0.05) is 21.9 Å². The Bertz CT molecular complexity index is 1270. The highest BCUT2D eigenvalue weighted by atomic mass is 32.1. The number of amides is 1. The zero-order valence-corrected chi connectivity index (χ0v) is 18.5. The molecule has 0 unspecified atom stereocenters. The first kappa shape index (κ1) is 20.5. The lowest BCUT2D eigenvalue weighted by Crippen LogP contribution is -2.29. The molecule has 0 atom stereocenters. The van der Waals surface area contributed by atoms with Crippen LogP contribution in [0.15, 0.2) is 70.7 Å². The van der Waals surface area contributed by atoms with Gasteiger partial charge in [0.15, 0.2) is 4.77 Å². The number of benzene rings is 1. The van der Waals surface area contributed by atoms with Crippen LogP contribution in [0.2, 0.25) is 0 Å². The first-order chi connectivity index (χ1) is 14.6. The average molecular weight is 454 g/mol. The van der Waals surface area contributed by atoms with Gasteiger partial charge in [-0.25, -0.2) is 0 Å². The predicted molar refractivity (Wildman–Crippen MR) is 126 cm³/mol. The van der Waals surface area contributed by atoms with Gasteiger partial charge in [-0.15, -0.1) is 29.3 Å². The Morgan fingerprint density at radius 3 is 2.37 bits per heavy atom. The number of hydrogen-bond donors (Lipinski definition) is 1. The molecule has 4 aromatic rings. The van der Waals surface area contributed by atoms with Crippen LogP contribution in [0.4, 0.5) is 0 Å². The zero-order chi connectivity index (χ0) is 21.1. The number of carbonyl (C=O) groups is 1. The fraction of sp³-hybridized carbons (Fsp3) is 0.136. The van der Waals surface area contributed by atoms with Gasteiger partial charge in [0.2, 0.25) is 0 Å². The van der Waals surface area contributed by atoms with E-state index in [-0.39, 0.29) is 11.5 Å². The van der Waals surface area contributed by atoms with Gasteiger partial charge in [0.05, 0.1) is 24.0 Å². The molecule has 0 aliphatic carbocycles. The molecule has 152 valence electrons. The van der Waals surface area contributed by atoms with E-state index in [9.17, 15) is 9.59 Å². The molecule has 0 radical (unpaired) electrons. The van der Waals surface area contributed by atoms with E-state index < -0.39 is 0 Å². The maximum Gasteiger partial charge on any atom is 0.262 e. The number of carbonyl (C=O) groups excluding carboxylic acids is 1. The van der Waals surface area contributed by atoms with Crippen LogP contribution >= 0.6 is 34.9 Å². The molecule has 3 heterocycles. The summed E-state index contributed by atoms with van der Waals surface area (Å²) in [6.07, 6.45) is 1.63. The number of fused-ring (bicyclic) bond motifs is 1. The van der Waals surface area contributed by atoms with E-state index >= 15 is 0 Å². The van der Waals surface area contributed by atoms with Crippen molar-refractivity contribution in [3.05, 3.63) is 96.3 Å². The monoisotopic (exact) mass is 453 g/mol. The van der Waals surface area contributed by atoms with Crippen molar-refractivity contribution in [3.8, 4) is 0 Å². The fourth-order valence-corrected chi connectivity index (χ4v) is 4.95. The Morgan fingerprint density at radius 2 is 1.80 bits per heavy atom. The van der Waals surface area contributed by atoms with E-state index in [2.05, 4.69) is 11.6 Å². The lowest BCUT2D eigenvalue weighted by Gasteiger charge is -2.22. The minimum absolute atomic E-state index is 0.0895. The zero-order valence-electron chi connectivity index (χ0n) is 16.0. The summed E-state index contributed by atoms with van der Waals surface area (Å²) in [7, 11) is 0. The van der Waals surface area contributed by atoms with Gasteiger partial charge in [-0.1, -0.05) is 18.2 Å². The summed E-state index contributed by atoms with van der Waals surface area (Å²) < 4.78 is 1.76. The summed E-state index contributed by atoms with van der Waals surface area (Å²) in [5.41, 5.74) is 0.882.